The van der Waals surface area contributed by atoms with E-state index in [1.807, 2.05) is 0 Å². The number of carbonyl (C=O) groups excluding carboxylic acids is 2. The molecule has 4 nitrogen and oxygen atoms in total. The molecular weight excluding hydrogens is 204 g/mol. The molecule has 1 saturated heterocycles. The van der Waals surface area contributed by atoms with Gasteiger partial charge in [-0.1, -0.05) is 13.3 Å². The topological polar surface area (TPSA) is 49.4 Å². The van der Waals surface area contributed by atoms with E-state index in [9.17, 15) is 9.59 Å². The quantitative estimate of drug-likeness (QED) is 0.722. The summed E-state index contributed by atoms with van der Waals surface area (Å²) in [7, 11) is 1.56. The first kappa shape index (κ1) is 11.6. The van der Waals surface area contributed by atoms with Crippen LogP contribution in [0.4, 0.5) is 0 Å². The van der Waals surface area contributed by atoms with Gasteiger partial charge in [0.1, 0.15) is 0 Å². The van der Waals surface area contributed by atoms with Crippen molar-refractivity contribution in [1.82, 2.24) is 10.2 Å². The van der Waals surface area contributed by atoms with Crippen LogP contribution >= 0.6 is 0 Å². The van der Waals surface area contributed by atoms with Crippen LogP contribution in [-0.2, 0) is 9.59 Å². The molecule has 4 heteroatoms. The fraction of sp³-hybridized carbons (Fsp3) is 0.833. The van der Waals surface area contributed by atoms with E-state index in [1.165, 1.54) is 24.2 Å². The van der Waals surface area contributed by atoms with Gasteiger partial charge in [0, 0.05) is 13.6 Å². The molecule has 2 fully saturated rings. The van der Waals surface area contributed by atoms with Crippen LogP contribution in [0.2, 0.25) is 0 Å². The zero-order valence-corrected chi connectivity index (χ0v) is 10.1. The Hall–Kier alpha value is -0.900. The summed E-state index contributed by atoms with van der Waals surface area (Å²) < 4.78 is 0. The number of rotatable bonds is 4. The summed E-state index contributed by atoms with van der Waals surface area (Å²) in [6.45, 7) is 3.08. The minimum atomic E-state index is -0.276. The first-order valence-electron chi connectivity index (χ1n) is 6.12. The molecule has 0 radical (unpaired) electrons. The molecule has 0 aromatic rings. The lowest BCUT2D eigenvalue weighted by Gasteiger charge is -2.42. The van der Waals surface area contributed by atoms with Crippen LogP contribution in [0.3, 0.4) is 0 Å². The van der Waals surface area contributed by atoms with Gasteiger partial charge in [0.15, 0.2) is 0 Å². The minimum absolute atomic E-state index is 0.0679. The first-order chi connectivity index (χ1) is 7.58. The number of likely N-dealkylation sites (tertiary alicyclic amines) is 1. The second-order valence-electron chi connectivity index (χ2n) is 5.14. The van der Waals surface area contributed by atoms with Crippen molar-refractivity contribution in [2.45, 2.75) is 45.1 Å². The summed E-state index contributed by atoms with van der Waals surface area (Å²) in [6.07, 6.45) is 5.29. The van der Waals surface area contributed by atoms with Crippen molar-refractivity contribution in [3.63, 3.8) is 0 Å². The summed E-state index contributed by atoms with van der Waals surface area (Å²) in [6, 6.07) is -0.276. The molecule has 2 rings (SSSR count). The summed E-state index contributed by atoms with van der Waals surface area (Å²) in [5.41, 5.74) is 0.393. The van der Waals surface area contributed by atoms with E-state index in [4.69, 9.17) is 0 Å². The van der Waals surface area contributed by atoms with Gasteiger partial charge in [0.2, 0.25) is 11.8 Å². The van der Waals surface area contributed by atoms with Crippen molar-refractivity contribution >= 4 is 11.8 Å². The second kappa shape index (κ2) is 4.17. The van der Waals surface area contributed by atoms with Crippen LogP contribution in [0.15, 0.2) is 0 Å². The molecule has 0 aromatic heterocycles. The van der Waals surface area contributed by atoms with Crippen LogP contribution in [-0.4, -0.2) is 36.3 Å². The normalized spacial score (nSPS) is 28.4. The Labute approximate surface area is 96.4 Å². The van der Waals surface area contributed by atoms with Crippen molar-refractivity contribution < 1.29 is 9.59 Å². The van der Waals surface area contributed by atoms with Crippen LogP contribution < -0.4 is 5.32 Å². The van der Waals surface area contributed by atoms with Crippen LogP contribution in [0.1, 0.15) is 39.0 Å². The number of nitrogens with one attached hydrogen (secondary N) is 1. The largest absolute Gasteiger partial charge is 0.305 e. The number of likely N-dealkylation sites (N-methyl/N-ethyl adjacent to an activating group) is 1. The Bertz CT molecular complexity index is 305. The third-order valence-electron chi connectivity index (χ3n) is 4.27. The van der Waals surface area contributed by atoms with Crippen LogP contribution in [0.25, 0.3) is 0 Å². The predicted octanol–water partition coefficient (Wildman–Crippen LogP) is 0.914. The van der Waals surface area contributed by atoms with Gasteiger partial charge in [-0.25, -0.2) is 0 Å². The Balaban J connectivity index is 1.87. The molecule has 16 heavy (non-hydrogen) atoms. The molecule has 1 unspecified atom stereocenters. The highest BCUT2D eigenvalue weighted by Gasteiger charge is 2.39. The van der Waals surface area contributed by atoms with Crippen molar-refractivity contribution in [2.75, 3.05) is 13.6 Å². The molecule has 1 saturated carbocycles. The summed E-state index contributed by atoms with van der Waals surface area (Å²) >= 11 is 0. The third-order valence-corrected chi connectivity index (χ3v) is 4.27. The van der Waals surface area contributed by atoms with Crippen molar-refractivity contribution in [2.24, 2.45) is 5.41 Å². The summed E-state index contributed by atoms with van der Waals surface area (Å²) in [4.78, 5) is 24.2. The van der Waals surface area contributed by atoms with Crippen LogP contribution in [0.5, 0.6) is 0 Å². The van der Waals surface area contributed by atoms with Crippen LogP contribution in [0, 0.1) is 5.41 Å². The number of hydrogen-bond donors (Lipinski definition) is 1. The van der Waals surface area contributed by atoms with Gasteiger partial charge < -0.3 is 5.32 Å². The fourth-order valence-corrected chi connectivity index (χ4v) is 2.59. The molecule has 1 aliphatic heterocycles. The maximum atomic E-state index is 11.7. The number of nitrogens with zero attached hydrogens (tertiary/aromatic N) is 1. The first-order valence-corrected chi connectivity index (χ1v) is 6.12. The lowest BCUT2D eigenvalue weighted by molar-refractivity contribution is -0.137. The van der Waals surface area contributed by atoms with Crippen molar-refractivity contribution in [1.29, 1.82) is 0 Å². The van der Waals surface area contributed by atoms with E-state index in [0.717, 1.165) is 13.0 Å². The molecule has 1 N–H and O–H groups in total. The van der Waals surface area contributed by atoms with Gasteiger partial charge in [0.05, 0.1) is 12.5 Å². The van der Waals surface area contributed by atoms with E-state index in [2.05, 4.69) is 12.2 Å². The SMILES string of the molecule is CCC1(CNC2CC(=O)N(C)C2=O)CCC1. The Morgan fingerprint density at radius 2 is 2.12 bits per heavy atom. The van der Waals surface area contributed by atoms with E-state index in [1.54, 1.807) is 7.05 Å². The number of amides is 2. The zero-order chi connectivity index (χ0) is 11.8. The van der Waals surface area contributed by atoms with Gasteiger partial charge in [0.25, 0.3) is 0 Å². The lowest BCUT2D eigenvalue weighted by atomic mass is 9.67. The van der Waals surface area contributed by atoms with Gasteiger partial charge in [-0.05, 0) is 24.7 Å². The molecule has 90 valence electrons. The highest BCUT2D eigenvalue weighted by molar-refractivity contribution is 6.05. The molecule has 0 spiro atoms. The Kier molecular flexibility index (Phi) is 3.02. The summed E-state index contributed by atoms with van der Waals surface area (Å²) in [5, 5.41) is 3.27. The molecule has 1 atom stereocenters. The molecule has 2 amide bonds. The maximum absolute atomic E-state index is 11.7. The molecule has 2 aliphatic rings. The molecule has 1 heterocycles. The zero-order valence-electron chi connectivity index (χ0n) is 10.1. The molecular formula is C12H20N2O2. The predicted molar refractivity (Wildman–Crippen MR) is 60.8 cm³/mol. The minimum Gasteiger partial charge on any atom is -0.305 e. The highest BCUT2D eigenvalue weighted by Crippen LogP contribution is 2.43. The number of carbonyl (C=O) groups is 2. The Morgan fingerprint density at radius 3 is 2.50 bits per heavy atom. The summed E-state index contributed by atoms with van der Waals surface area (Å²) in [5.74, 6) is -0.141. The van der Waals surface area contributed by atoms with Crippen molar-refractivity contribution in [3.8, 4) is 0 Å². The van der Waals surface area contributed by atoms with Gasteiger partial charge in [-0.3, -0.25) is 14.5 Å². The maximum Gasteiger partial charge on any atom is 0.246 e. The standard InChI is InChI=1S/C12H20N2O2/c1-3-12(5-4-6-12)8-13-9-7-10(15)14(2)11(9)16/h9,13H,3-8H2,1-2H3. The van der Waals surface area contributed by atoms with Gasteiger partial charge in [-0.2, -0.15) is 0 Å². The molecule has 1 aliphatic carbocycles. The van der Waals surface area contributed by atoms with E-state index in [0.29, 0.717) is 11.8 Å². The molecule has 0 bridgehead atoms. The number of hydrogen-bond acceptors (Lipinski definition) is 3. The lowest BCUT2D eigenvalue weighted by Crippen LogP contribution is -2.45. The third kappa shape index (κ3) is 1.86. The second-order valence-corrected chi connectivity index (χ2v) is 5.14. The Morgan fingerprint density at radius 1 is 1.44 bits per heavy atom. The van der Waals surface area contributed by atoms with E-state index < -0.39 is 0 Å². The average molecular weight is 224 g/mol. The molecule has 0 aromatic carbocycles. The van der Waals surface area contributed by atoms with Gasteiger partial charge in [-0.15, -0.1) is 0 Å². The highest BCUT2D eigenvalue weighted by atomic mass is 16.2. The van der Waals surface area contributed by atoms with Crippen molar-refractivity contribution in [3.05, 3.63) is 0 Å². The monoisotopic (exact) mass is 224 g/mol. The van der Waals surface area contributed by atoms with E-state index >= 15 is 0 Å². The van der Waals surface area contributed by atoms with Gasteiger partial charge >= 0.3 is 0 Å². The number of imide groups is 1. The average Bonchev–Trinajstić information content (AvgIpc) is 2.45. The van der Waals surface area contributed by atoms with E-state index in [-0.39, 0.29) is 17.9 Å². The smallest absolute Gasteiger partial charge is 0.246 e. The fourth-order valence-electron chi connectivity index (χ4n) is 2.59.